The van der Waals surface area contributed by atoms with Crippen molar-refractivity contribution in [1.82, 2.24) is 4.98 Å². The first-order valence-corrected chi connectivity index (χ1v) is 7.01. The normalized spacial score (nSPS) is 11.0. The summed E-state index contributed by atoms with van der Waals surface area (Å²) in [5, 5.41) is 22.2. The Bertz CT molecular complexity index is 982. The highest BCUT2D eigenvalue weighted by molar-refractivity contribution is 5.89. The first-order chi connectivity index (χ1) is 11.5. The minimum atomic E-state index is -0.454. The van der Waals surface area contributed by atoms with Gasteiger partial charge in [0.25, 0.3) is 11.4 Å². The van der Waals surface area contributed by atoms with E-state index in [1.807, 2.05) is 0 Å². The lowest BCUT2D eigenvalue weighted by Crippen LogP contribution is -1.91. The number of pyridine rings is 1. The van der Waals surface area contributed by atoms with Gasteiger partial charge < -0.3 is 0 Å². The molecule has 0 aliphatic rings. The number of nitrogens with zero attached hydrogens (tertiary/aromatic N) is 3. The van der Waals surface area contributed by atoms with Gasteiger partial charge in [-0.15, -0.1) is 0 Å². The van der Waals surface area contributed by atoms with Gasteiger partial charge >= 0.3 is 0 Å². The number of hydrogen-bond acceptors (Lipinski definition) is 5. The Balaban J connectivity index is 1.94. The molecule has 0 fully saturated rings. The Kier molecular flexibility index (Phi) is 3.98. The molecule has 7 heteroatoms. The number of non-ortho nitro benzene ring substituents is 2. The molecule has 118 valence electrons. The largest absolute Gasteiger partial charge is 0.278 e. The van der Waals surface area contributed by atoms with Crippen LogP contribution in [0.2, 0.25) is 0 Å². The molecule has 0 bridgehead atoms. The maximum atomic E-state index is 11.0. The lowest BCUT2D eigenvalue weighted by molar-refractivity contribution is -0.384. The van der Waals surface area contributed by atoms with Gasteiger partial charge in [-0.3, -0.25) is 20.2 Å². The van der Waals surface area contributed by atoms with Crippen LogP contribution in [0.1, 0.15) is 11.3 Å². The molecule has 1 heterocycles. The van der Waals surface area contributed by atoms with Crippen molar-refractivity contribution in [3.8, 4) is 0 Å². The van der Waals surface area contributed by atoms with E-state index in [9.17, 15) is 20.2 Å². The molecule has 24 heavy (non-hydrogen) atoms. The summed E-state index contributed by atoms with van der Waals surface area (Å²) in [6.07, 6.45) is 3.41. The standard InChI is InChI=1S/C17H11N3O4/c21-19(22)14-4-1-3-12(11-14)7-8-13-9-10-15-16(18-13)5-2-6-17(15)20(23)24/h1-11H/b8-7+. The highest BCUT2D eigenvalue weighted by Gasteiger charge is 2.11. The summed E-state index contributed by atoms with van der Waals surface area (Å²) in [5.41, 5.74) is 1.82. The summed E-state index contributed by atoms with van der Waals surface area (Å²) in [5.74, 6) is 0. The molecule has 0 unspecified atom stereocenters. The van der Waals surface area contributed by atoms with Gasteiger partial charge in [-0.2, -0.15) is 0 Å². The highest BCUT2D eigenvalue weighted by atomic mass is 16.6. The van der Waals surface area contributed by atoms with Gasteiger partial charge in [0.2, 0.25) is 0 Å². The van der Waals surface area contributed by atoms with Crippen LogP contribution in [0, 0.1) is 20.2 Å². The molecule has 0 aliphatic heterocycles. The summed E-state index contributed by atoms with van der Waals surface area (Å²) in [6.45, 7) is 0. The number of aromatic nitrogens is 1. The minimum Gasteiger partial charge on any atom is -0.258 e. The van der Waals surface area contributed by atoms with Crippen molar-refractivity contribution in [3.63, 3.8) is 0 Å². The number of fused-ring (bicyclic) bond motifs is 1. The Labute approximate surface area is 136 Å². The van der Waals surface area contributed by atoms with Gasteiger partial charge in [0.05, 0.1) is 26.4 Å². The first-order valence-electron chi connectivity index (χ1n) is 7.01. The van der Waals surface area contributed by atoms with Crippen molar-refractivity contribution in [2.75, 3.05) is 0 Å². The molecule has 0 aliphatic carbocycles. The molecule has 1 aromatic heterocycles. The number of nitro groups is 2. The highest BCUT2D eigenvalue weighted by Crippen LogP contribution is 2.24. The van der Waals surface area contributed by atoms with Crippen LogP contribution in [-0.2, 0) is 0 Å². The van der Waals surface area contributed by atoms with Gasteiger partial charge in [-0.05, 0) is 29.8 Å². The van der Waals surface area contributed by atoms with Gasteiger partial charge in [-0.25, -0.2) is 4.98 Å². The molecule has 0 saturated carbocycles. The molecule has 0 N–H and O–H groups in total. The fraction of sp³-hybridized carbons (Fsp3) is 0. The molecular formula is C17H11N3O4. The Morgan fingerprint density at radius 1 is 0.875 bits per heavy atom. The smallest absolute Gasteiger partial charge is 0.258 e. The molecule has 2 aromatic carbocycles. The van der Waals surface area contributed by atoms with Crippen molar-refractivity contribution < 1.29 is 9.85 Å². The van der Waals surface area contributed by atoms with E-state index in [0.29, 0.717) is 22.2 Å². The predicted molar refractivity (Wildman–Crippen MR) is 90.4 cm³/mol. The van der Waals surface area contributed by atoms with E-state index >= 15 is 0 Å². The molecule has 3 aromatic rings. The SMILES string of the molecule is O=[N+]([O-])c1cccc(/C=C/c2ccc3c([N+](=O)[O-])cccc3n2)c1. The zero-order chi connectivity index (χ0) is 17.1. The van der Waals surface area contributed by atoms with Crippen LogP contribution in [-0.4, -0.2) is 14.8 Å². The van der Waals surface area contributed by atoms with Crippen molar-refractivity contribution in [2.24, 2.45) is 0 Å². The summed E-state index contributed by atoms with van der Waals surface area (Å²) >= 11 is 0. The van der Waals surface area contributed by atoms with Crippen LogP contribution < -0.4 is 0 Å². The van der Waals surface area contributed by atoms with E-state index in [1.165, 1.54) is 18.2 Å². The van der Waals surface area contributed by atoms with Crippen molar-refractivity contribution >= 4 is 34.4 Å². The van der Waals surface area contributed by atoms with E-state index in [1.54, 1.807) is 48.6 Å². The number of benzene rings is 2. The van der Waals surface area contributed by atoms with E-state index in [4.69, 9.17) is 0 Å². The lowest BCUT2D eigenvalue weighted by Gasteiger charge is -2.00. The second-order valence-corrected chi connectivity index (χ2v) is 5.02. The first kappa shape index (κ1) is 15.3. The van der Waals surface area contributed by atoms with Gasteiger partial charge in [-0.1, -0.05) is 24.3 Å². The number of rotatable bonds is 4. The van der Waals surface area contributed by atoms with Crippen LogP contribution in [0.4, 0.5) is 11.4 Å². The quantitative estimate of drug-likeness (QED) is 0.529. The molecular weight excluding hydrogens is 310 g/mol. The topological polar surface area (TPSA) is 99.2 Å². The van der Waals surface area contributed by atoms with Crippen molar-refractivity contribution in [3.05, 3.63) is 86.1 Å². The Morgan fingerprint density at radius 3 is 2.42 bits per heavy atom. The average Bonchev–Trinajstić information content (AvgIpc) is 2.59. The van der Waals surface area contributed by atoms with Crippen molar-refractivity contribution in [1.29, 1.82) is 0 Å². The zero-order valence-corrected chi connectivity index (χ0v) is 12.3. The Morgan fingerprint density at radius 2 is 1.67 bits per heavy atom. The molecule has 7 nitrogen and oxygen atoms in total. The third kappa shape index (κ3) is 3.09. The maximum absolute atomic E-state index is 11.0. The predicted octanol–water partition coefficient (Wildman–Crippen LogP) is 4.22. The lowest BCUT2D eigenvalue weighted by atomic mass is 10.1. The number of hydrogen-bond donors (Lipinski definition) is 0. The average molecular weight is 321 g/mol. The van der Waals surface area contributed by atoms with E-state index < -0.39 is 9.85 Å². The molecule has 0 spiro atoms. The molecule has 3 rings (SSSR count). The van der Waals surface area contributed by atoms with Crippen molar-refractivity contribution in [2.45, 2.75) is 0 Å². The monoisotopic (exact) mass is 321 g/mol. The van der Waals surface area contributed by atoms with E-state index in [-0.39, 0.29) is 11.4 Å². The second kappa shape index (κ2) is 6.25. The maximum Gasteiger partial charge on any atom is 0.278 e. The minimum absolute atomic E-state index is 0.00853. The molecule has 0 saturated heterocycles. The van der Waals surface area contributed by atoms with Gasteiger partial charge in [0, 0.05) is 18.2 Å². The zero-order valence-electron chi connectivity index (χ0n) is 12.3. The molecule has 0 radical (unpaired) electrons. The van der Waals surface area contributed by atoms with E-state index in [2.05, 4.69) is 4.98 Å². The third-order valence-corrected chi connectivity index (χ3v) is 3.45. The van der Waals surface area contributed by atoms with Crippen LogP contribution >= 0.6 is 0 Å². The van der Waals surface area contributed by atoms with Crippen LogP contribution in [0.3, 0.4) is 0 Å². The summed E-state index contributed by atoms with van der Waals surface area (Å²) in [7, 11) is 0. The van der Waals surface area contributed by atoms with Crippen LogP contribution in [0.5, 0.6) is 0 Å². The van der Waals surface area contributed by atoms with E-state index in [0.717, 1.165) is 0 Å². The van der Waals surface area contributed by atoms with Gasteiger partial charge in [0.15, 0.2) is 0 Å². The third-order valence-electron chi connectivity index (χ3n) is 3.45. The summed E-state index contributed by atoms with van der Waals surface area (Å²) in [6, 6.07) is 14.3. The molecule has 0 atom stereocenters. The fourth-order valence-corrected chi connectivity index (χ4v) is 2.33. The second-order valence-electron chi connectivity index (χ2n) is 5.02. The molecule has 0 amide bonds. The number of nitro benzene ring substituents is 2. The van der Waals surface area contributed by atoms with Gasteiger partial charge in [0.1, 0.15) is 0 Å². The Hall–Kier alpha value is -3.61. The summed E-state index contributed by atoms with van der Waals surface area (Å²) < 4.78 is 0. The fourth-order valence-electron chi connectivity index (χ4n) is 2.33. The van der Waals surface area contributed by atoms with Crippen LogP contribution in [0.15, 0.2) is 54.6 Å². The van der Waals surface area contributed by atoms with Crippen LogP contribution in [0.25, 0.3) is 23.1 Å². The summed E-state index contributed by atoms with van der Waals surface area (Å²) in [4.78, 5) is 25.3.